The van der Waals surface area contributed by atoms with E-state index in [2.05, 4.69) is 10.5 Å². The van der Waals surface area contributed by atoms with Gasteiger partial charge in [0.1, 0.15) is 16.9 Å². The summed E-state index contributed by atoms with van der Waals surface area (Å²) in [6, 6.07) is 7.42. The van der Waals surface area contributed by atoms with E-state index in [0.29, 0.717) is 16.3 Å². The molecular formula is C23H22N2O5S. The third-order valence-corrected chi connectivity index (χ3v) is 6.92. The number of carbonyl (C=O) groups is 2. The lowest BCUT2D eigenvalue weighted by molar-refractivity contribution is 0.0601. The molecule has 0 unspecified atom stereocenters. The highest BCUT2D eigenvalue weighted by Crippen LogP contribution is 2.39. The SMILES string of the molecule is COC(=O)c1c(NC(=O)c2cc(-c3ccc4c(c3)C[C@H](C)O4)on2)sc2c1CCCC2. The number of aromatic nitrogens is 1. The molecule has 2 aromatic heterocycles. The van der Waals surface area contributed by atoms with Gasteiger partial charge in [0.15, 0.2) is 11.5 Å². The third-order valence-electron chi connectivity index (χ3n) is 5.71. The summed E-state index contributed by atoms with van der Waals surface area (Å²) in [5, 5.41) is 7.30. The Morgan fingerprint density at radius 3 is 2.90 bits per heavy atom. The van der Waals surface area contributed by atoms with Crippen molar-refractivity contribution in [2.75, 3.05) is 12.4 Å². The van der Waals surface area contributed by atoms with Crippen molar-refractivity contribution in [3.63, 3.8) is 0 Å². The lowest BCUT2D eigenvalue weighted by Gasteiger charge is -2.11. The second kappa shape index (κ2) is 7.85. The summed E-state index contributed by atoms with van der Waals surface area (Å²) in [6.45, 7) is 2.03. The fraction of sp³-hybridized carbons (Fsp3) is 0.348. The van der Waals surface area contributed by atoms with Gasteiger partial charge in [-0.2, -0.15) is 0 Å². The molecule has 1 N–H and O–H groups in total. The summed E-state index contributed by atoms with van der Waals surface area (Å²) >= 11 is 1.44. The van der Waals surface area contributed by atoms with Gasteiger partial charge in [0.05, 0.1) is 12.7 Å². The van der Waals surface area contributed by atoms with Crippen LogP contribution in [0.3, 0.4) is 0 Å². The number of carbonyl (C=O) groups excluding carboxylic acids is 2. The van der Waals surface area contributed by atoms with Gasteiger partial charge in [-0.3, -0.25) is 4.79 Å². The standard InChI is InChI=1S/C23H22N2O5S/c1-12-9-14-10-13(7-8-17(14)29-12)18-11-16(25-30-18)21(26)24-22-20(23(27)28-2)15-5-3-4-6-19(15)31-22/h7-8,10-12H,3-6,9H2,1-2H3,(H,24,26)/t12-/m0/s1. The number of methoxy groups -OCH3 is 1. The fourth-order valence-electron chi connectivity index (χ4n) is 4.23. The van der Waals surface area contributed by atoms with Crippen LogP contribution in [-0.2, 0) is 24.0 Å². The molecule has 1 amide bonds. The van der Waals surface area contributed by atoms with E-state index in [0.717, 1.165) is 59.4 Å². The topological polar surface area (TPSA) is 90.7 Å². The van der Waals surface area contributed by atoms with Crippen LogP contribution in [0, 0.1) is 0 Å². The maximum Gasteiger partial charge on any atom is 0.341 e. The summed E-state index contributed by atoms with van der Waals surface area (Å²) in [4.78, 5) is 26.4. The van der Waals surface area contributed by atoms with Crippen LogP contribution < -0.4 is 10.1 Å². The number of aryl methyl sites for hydroxylation is 1. The van der Waals surface area contributed by atoms with Gasteiger partial charge in [-0.25, -0.2) is 4.79 Å². The Hall–Kier alpha value is -3.13. The van der Waals surface area contributed by atoms with Gasteiger partial charge in [-0.15, -0.1) is 11.3 Å². The number of ether oxygens (including phenoxy) is 2. The Bertz CT molecular complexity index is 1180. The number of esters is 1. The van der Waals surface area contributed by atoms with Crippen LogP contribution in [0.15, 0.2) is 28.8 Å². The van der Waals surface area contributed by atoms with Gasteiger partial charge in [-0.05, 0) is 61.9 Å². The predicted molar refractivity (Wildman–Crippen MR) is 116 cm³/mol. The zero-order valence-electron chi connectivity index (χ0n) is 17.3. The molecule has 1 atom stereocenters. The molecule has 0 saturated carbocycles. The van der Waals surface area contributed by atoms with Crippen molar-refractivity contribution in [1.82, 2.24) is 5.16 Å². The molecular weight excluding hydrogens is 416 g/mol. The Kier molecular flexibility index (Phi) is 5.02. The van der Waals surface area contributed by atoms with Crippen LogP contribution >= 0.6 is 11.3 Å². The Morgan fingerprint density at radius 2 is 2.06 bits per heavy atom. The molecule has 3 aromatic rings. The molecule has 5 rings (SSSR count). The van der Waals surface area contributed by atoms with Crippen molar-refractivity contribution in [1.29, 1.82) is 0 Å². The minimum Gasteiger partial charge on any atom is -0.490 e. The molecule has 0 spiro atoms. The Morgan fingerprint density at radius 1 is 1.23 bits per heavy atom. The molecule has 0 fully saturated rings. The fourth-order valence-corrected chi connectivity index (χ4v) is 5.51. The molecule has 0 bridgehead atoms. The number of anilines is 1. The second-order valence-electron chi connectivity index (χ2n) is 7.89. The molecule has 3 heterocycles. The van der Waals surface area contributed by atoms with E-state index >= 15 is 0 Å². The number of thiophene rings is 1. The zero-order valence-corrected chi connectivity index (χ0v) is 18.1. The smallest absolute Gasteiger partial charge is 0.341 e. The minimum atomic E-state index is -0.426. The number of nitrogens with zero attached hydrogens (tertiary/aromatic N) is 1. The first-order valence-corrected chi connectivity index (χ1v) is 11.2. The van der Waals surface area contributed by atoms with E-state index in [1.807, 2.05) is 25.1 Å². The molecule has 8 heteroatoms. The average Bonchev–Trinajstić information content (AvgIpc) is 3.48. The molecule has 1 aliphatic heterocycles. The van der Waals surface area contributed by atoms with Crippen LogP contribution in [0.4, 0.5) is 5.00 Å². The van der Waals surface area contributed by atoms with Gasteiger partial charge in [-0.1, -0.05) is 5.16 Å². The number of amides is 1. The van der Waals surface area contributed by atoms with Crippen LogP contribution in [-0.4, -0.2) is 30.2 Å². The van der Waals surface area contributed by atoms with Gasteiger partial charge < -0.3 is 19.3 Å². The lowest BCUT2D eigenvalue weighted by Crippen LogP contribution is -2.15. The molecule has 7 nitrogen and oxygen atoms in total. The molecule has 31 heavy (non-hydrogen) atoms. The summed E-state index contributed by atoms with van der Waals surface area (Å²) in [7, 11) is 1.35. The highest BCUT2D eigenvalue weighted by atomic mass is 32.1. The van der Waals surface area contributed by atoms with Crippen molar-refractivity contribution in [3.8, 4) is 17.1 Å². The third kappa shape index (κ3) is 3.61. The van der Waals surface area contributed by atoms with Crippen LogP contribution in [0.25, 0.3) is 11.3 Å². The number of hydrogen-bond donors (Lipinski definition) is 1. The number of nitrogens with one attached hydrogen (secondary N) is 1. The van der Waals surface area contributed by atoms with Gasteiger partial charge in [0.2, 0.25) is 0 Å². The zero-order chi connectivity index (χ0) is 21.5. The van der Waals surface area contributed by atoms with Crippen molar-refractivity contribution in [3.05, 3.63) is 51.5 Å². The number of fused-ring (bicyclic) bond motifs is 2. The number of benzene rings is 1. The largest absolute Gasteiger partial charge is 0.490 e. The van der Waals surface area contributed by atoms with E-state index in [4.69, 9.17) is 14.0 Å². The summed E-state index contributed by atoms with van der Waals surface area (Å²) < 4.78 is 16.1. The quantitative estimate of drug-likeness (QED) is 0.597. The van der Waals surface area contributed by atoms with Crippen molar-refractivity contribution >= 4 is 28.2 Å². The maximum absolute atomic E-state index is 12.9. The molecule has 1 aromatic carbocycles. The van der Waals surface area contributed by atoms with E-state index in [1.165, 1.54) is 18.4 Å². The van der Waals surface area contributed by atoms with E-state index in [-0.39, 0.29) is 11.8 Å². The monoisotopic (exact) mass is 438 g/mol. The van der Waals surface area contributed by atoms with Crippen molar-refractivity contribution < 1.29 is 23.6 Å². The molecule has 160 valence electrons. The summed E-state index contributed by atoms with van der Waals surface area (Å²) in [5.74, 6) is 0.541. The van der Waals surface area contributed by atoms with Gasteiger partial charge in [0, 0.05) is 22.9 Å². The van der Waals surface area contributed by atoms with Crippen LogP contribution in [0.2, 0.25) is 0 Å². The first kappa shape index (κ1) is 19.8. The maximum atomic E-state index is 12.9. The first-order valence-electron chi connectivity index (χ1n) is 10.3. The van der Waals surface area contributed by atoms with E-state index in [1.54, 1.807) is 6.07 Å². The Labute approximate surface area is 183 Å². The minimum absolute atomic E-state index is 0.155. The van der Waals surface area contributed by atoms with Crippen LogP contribution in [0.1, 0.15) is 56.6 Å². The van der Waals surface area contributed by atoms with E-state index in [9.17, 15) is 9.59 Å². The molecule has 1 aliphatic carbocycles. The molecule has 0 saturated heterocycles. The van der Waals surface area contributed by atoms with Crippen molar-refractivity contribution in [2.24, 2.45) is 0 Å². The number of rotatable bonds is 4. The second-order valence-corrected chi connectivity index (χ2v) is 9.00. The van der Waals surface area contributed by atoms with Gasteiger partial charge in [0.25, 0.3) is 5.91 Å². The highest BCUT2D eigenvalue weighted by Gasteiger charge is 2.28. The summed E-state index contributed by atoms with van der Waals surface area (Å²) in [5.41, 5.74) is 3.56. The van der Waals surface area contributed by atoms with Crippen molar-refractivity contribution in [2.45, 2.75) is 45.1 Å². The van der Waals surface area contributed by atoms with Gasteiger partial charge >= 0.3 is 5.97 Å². The molecule has 2 aliphatic rings. The normalized spacial score (nSPS) is 16.9. The average molecular weight is 439 g/mol. The first-order chi connectivity index (χ1) is 15.0. The van der Waals surface area contributed by atoms with E-state index < -0.39 is 11.9 Å². The lowest BCUT2D eigenvalue weighted by atomic mass is 9.95. The van der Waals surface area contributed by atoms with Crippen LogP contribution in [0.5, 0.6) is 5.75 Å². The molecule has 0 radical (unpaired) electrons. The number of hydrogen-bond acceptors (Lipinski definition) is 7. The Balaban J connectivity index is 1.39. The summed E-state index contributed by atoms with van der Waals surface area (Å²) in [6.07, 6.45) is 4.83. The predicted octanol–water partition coefficient (Wildman–Crippen LogP) is 4.64. The highest BCUT2D eigenvalue weighted by molar-refractivity contribution is 7.17.